The second-order valence-electron chi connectivity index (χ2n) is 4.21. The van der Waals surface area contributed by atoms with Crippen LogP contribution in [0.5, 0.6) is 0 Å². The van der Waals surface area contributed by atoms with Gasteiger partial charge in [-0.25, -0.2) is 0 Å². The van der Waals surface area contributed by atoms with E-state index in [1.807, 2.05) is 0 Å². The molecule has 1 aromatic rings. The number of aromatic nitrogens is 2. The van der Waals surface area contributed by atoms with E-state index in [-0.39, 0.29) is 17.7 Å². The molecule has 18 heavy (non-hydrogen) atoms. The summed E-state index contributed by atoms with van der Waals surface area (Å²) < 4.78 is 6.28. The number of aryl methyl sites for hydroxylation is 1. The fourth-order valence-corrected chi connectivity index (χ4v) is 2.22. The number of anilines is 1. The van der Waals surface area contributed by atoms with Gasteiger partial charge in [-0.2, -0.15) is 0 Å². The highest BCUT2D eigenvalue weighted by molar-refractivity contribution is 5.74. The molecular weight excluding hydrogens is 240 g/mol. The predicted octanol–water partition coefficient (Wildman–Crippen LogP) is 0.328. The first kappa shape index (κ1) is 12.3. The molecule has 8 nitrogen and oxygen atoms in total. The number of nitro groups is 1. The average Bonchev–Trinajstić information content (AvgIpc) is 2.93. The lowest BCUT2D eigenvalue weighted by molar-refractivity contribution is -0.388. The molecule has 0 aromatic carbocycles. The van der Waals surface area contributed by atoms with E-state index in [0.29, 0.717) is 25.3 Å². The molecule has 0 radical (unpaired) electrons. The van der Waals surface area contributed by atoms with E-state index >= 15 is 0 Å². The van der Waals surface area contributed by atoms with Crippen LogP contribution >= 0.6 is 0 Å². The lowest BCUT2D eigenvalue weighted by Crippen LogP contribution is -2.25. The molecular formula is C10H14N4O4. The van der Waals surface area contributed by atoms with Crippen molar-refractivity contribution in [1.29, 1.82) is 0 Å². The van der Waals surface area contributed by atoms with Crippen molar-refractivity contribution >= 4 is 17.6 Å². The van der Waals surface area contributed by atoms with Crippen molar-refractivity contribution in [3.63, 3.8) is 0 Å². The molecule has 1 aliphatic heterocycles. The first-order valence-corrected chi connectivity index (χ1v) is 5.53. The molecule has 0 aliphatic carbocycles. The van der Waals surface area contributed by atoms with Crippen molar-refractivity contribution in [3.8, 4) is 0 Å². The highest BCUT2D eigenvalue weighted by atomic mass is 16.6. The van der Waals surface area contributed by atoms with Gasteiger partial charge in [0.15, 0.2) is 0 Å². The van der Waals surface area contributed by atoms with Gasteiger partial charge in [-0.15, -0.1) is 0 Å². The van der Waals surface area contributed by atoms with Crippen LogP contribution < -0.4 is 4.90 Å². The number of nitrogens with zero attached hydrogens (tertiary/aromatic N) is 4. The van der Waals surface area contributed by atoms with Gasteiger partial charge in [-0.05, 0) is 16.3 Å². The molecule has 0 saturated carbocycles. The standard InChI is InChI=1S/C10H14N4O4/c1-12-6-11-8(14(16)17)9(12)13-4-3-7(5-13)10(15)18-2/h6-7H,3-5H2,1-2H3. The summed E-state index contributed by atoms with van der Waals surface area (Å²) in [6.45, 7) is 1.01. The first-order chi connectivity index (χ1) is 8.54. The number of methoxy groups -OCH3 is 1. The van der Waals surface area contributed by atoms with Crippen LogP contribution in [0.25, 0.3) is 0 Å². The third-order valence-electron chi connectivity index (χ3n) is 3.08. The van der Waals surface area contributed by atoms with Gasteiger partial charge >= 0.3 is 11.8 Å². The van der Waals surface area contributed by atoms with Gasteiger partial charge in [0.1, 0.15) is 0 Å². The monoisotopic (exact) mass is 254 g/mol. The Balaban J connectivity index is 2.21. The van der Waals surface area contributed by atoms with Gasteiger partial charge in [0.2, 0.25) is 12.1 Å². The fourth-order valence-electron chi connectivity index (χ4n) is 2.22. The minimum Gasteiger partial charge on any atom is -0.469 e. The number of esters is 1. The smallest absolute Gasteiger partial charge is 0.406 e. The predicted molar refractivity (Wildman–Crippen MR) is 62.2 cm³/mol. The molecule has 2 rings (SSSR count). The van der Waals surface area contributed by atoms with Crippen LogP contribution in [0.3, 0.4) is 0 Å². The summed E-state index contributed by atoms with van der Waals surface area (Å²) in [5, 5.41) is 10.9. The van der Waals surface area contributed by atoms with E-state index < -0.39 is 4.92 Å². The second-order valence-corrected chi connectivity index (χ2v) is 4.21. The van der Waals surface area contributed by atoms with Crippen molar-refractivity contribution in [3.05, 3.63) is 16.4 Å². The summed E-state index contributed by atoms with van der Waals surface area (Å²) in [5.74, 6) is -0.249. The Morgan fingerprint density at radius 3 is 3.00 bits per heavy atom. The molecule has 8 heteroatoms. The lowest BCUT2D eigenvalue weighted by atomic mass is 10.1. The van der Waals surface area contributed by atoms with Gasteiger partial charge in [0, 0.05) is 20.1 Å². The zero-order valence-electron chi connectivity index (χ0n) is 10.2. The molecule has 1 aliphatic rings. The number of hydrogen-bond acceptors (Lipinski definition) is 6. The van der Waals surface area contributed by atoms with E-state index in [4.69, 9.17) is 0 Å². The summed E-state index contributed by atoms with van der Waals surface area (Å²) in [6, 6.07) is 0. The molecule has 1 fully saturated rings. The second kappa shape index (κ2) is 4.63. The van der Waals surface area contributed by atoms with E-state index in [9.17, 15) is 14.9 Å². The number of hydrogen-bond donors (Lipinski definition) is 0. The van der Waals surface area contributed by atoms with Crippen LogP contribution in [0.15, 0.2) is 6.33 Å². The summed E-state index contributed by atoms with van der Waals surface area (Å²) in [5.41, 5.74) is 0. The normalized spacial score (nSPS) is 19.0. The molecule has 0 amide bonds. The Bertz CT molecular complexity index is 484. The van der Waals surface area contributed by atoms with Crippen LogP contribution in [-0.4, -0.2) is 40.6 Å². The maximum Gasteiger partial charge on any atom is 0.406 e. The van der Waals surface area contributed by atoms with Crippen LogP contribution in [0.1, 0.15) is 6.42 Å². The molecule has 2 heterocycles. The summed E-state index contributed by atoms with van der Waals surface area (Å²) >= 11 is 0. The molecule has 1 saturated heterocycles. The summed E-state index contributed by atoms with van der Waals surface area (Å²) in [6.07, 6.45) is 2.04. The van der Waals surface area contributed by atoms with Crippen LogP contribution in [0.4, 0.5) is 11.6 Å². The maximum atomic E-state index is 11.4. The van der Waals surface area contributed by atoms with Crippen molar-refractivity contribution in [2.24, 2.45) is 13.0 Å². The van der Waals surface area contributed by atoms with Gasteiger partial charge in [-0.1, -0.05) is 0 Å². The molecule has 98 valence electrons. The van der Waals surface area contributed by atoms with E-state index in [0.717, 1.165) is 0 Å². The minimum absolute atomic E-state index is 0.178. The topological polar surface area (TPSA) is 90.5 Å². The number of rotatable bonds is 3. The van der Waals surface area contributed by atoms with Gasteiger partial charge in [-0.3, -0.25) is 9.36 Å². The Morgan fingerprint density at radius 2 is 2.39 bits per heavy atom. The highest BCUT2D eigenvalue weighted by Crippen LogP contribution is 2.30. The first-order valence-electron chi connectivity index (χ1n) is 5.53. The van der Waals surface area contributed by atoms with Crippen LogP contribution in [0, 0.1) is 16.0 Å². The zero-order chi connectivity index (χ0) is 13.3. The molecule has 1 atom stereocenters. The maximum absolute atomic E-state index is 11.4. The number of carbonyl (C=O) groups is 1. The average molecular weight is 254 g/mol. The van der Waals surface area contributed by atoms with Crippen LogP contribution in [0.2, 0.25) is 0 Å². The van der Waals surface area contributed by atoms with Crippen molar-refractivity contribution in [1.82, 2.24) is 9.55 Å². The SMILES string of the molecule is COC(=O)C1CCN(c2c([N+](=O)[O-])ncn2C)C1. The van der Waals surface area contributed by atoms with E-state index in [1.165, 1.54) is 13.4 Å². The molecule has 0 N–H and O–H groups in total. The molecule has 1 aromatic heterocycles. The lowest BCUT2D eigenvalue weighted by Gasteiger charge is -2.17. The van der Waals surface area contributed by atoms with Gasteiger partial charge in [0.05, 0.1) is 13.0 Å². The number of carbonyl (C=O) groups excluding carboxylic acids is 1. The molecule has 1 unspecified atom stereocenters. The third-order valence-corrected chi connectivity index (χ3v) is 3.08. The molecule has 0 bridgehead atoms. The Kier molecular flexibility index (Phi) is 3.17. The largest absolute Gasteiger partial charge is 0.469 e. The molecule has 0 spiro atoms. The van der Waals surface area contributed by atoms with E-state index in [2.05, 4.69) is 9.72 Å². The van der Waals surface area contributed by atoms with Crippen molar-refractivity contribution in [2.45, 2.75) is 6.42 Å². The quantitative estimate of drug-likeness (QED) is 0.438. The van der Waals surface area contributed by atoms with Crippen molar-refractivity contribution < 1.29 is 14.5 Å². The van der Waals surface area contributed by atoms with Gasteiger partial charge in [0.25, 0.3) is 0 Å². The zero-order valence-corrected chi connectivity index (χ0v) is 10.2. The Morgan fingerprint density at radius 1 is 1.67 bits per heavy atom. The third kappa shape index (κ3) is 2.01. The van der Waals surface area contributed by atoms with Gasteiger partial charge < -0.3 is 19.8 Å². The fraction of sp³-hybridized carbons (Fsp3) is 0.600. The van der Waals surface area contributed by atoms with E-state index in [1.54, 1.807) is 16.5 Å². The summed E-state index contributed by atoms with van der Waals surface area (Å²) in [7, 11) is 3.04. The van der Waals surface area contributed by atoms with Crippen molar-refractivity contribution in [2.75, 3.05) is 25.1 Å². The number of ether oxygens (including phenoxy) is 1. The Labute approximate surface area is 103 Å². The number of imidazole rings is 1. The van der Waals surface area contributed by atoms with Crippen LogP contribution in [-0.2, 0) is 16.6 Å². The summed E-state index contributed by atoms with van der Waals surface area (Å²) in [4.78, 5) is 27.3. The minimum atomic E-state index is -0.513. The highest BCUT2D eigenvalue weighted by Gasteiger charge is 2.34. The Hall–Kier alpha value is -2.12.